The molecule has 4 heteroatoms. The van der Waals surface area contributed by atoms with Crippen molar-refractivity contribution in [2.45, 2.75) is 64.2 Å². The van der Waals surface area contributed by atoms with Crippen molar-refractivity contribution >= 4 is 23.2 Å². The Morgan fingerprint density at radius 2 is 1.05 bits per heavy atom. The number of nitriles is 1. The van der Waals surface area contributed by atoms with Crippen LogP contribution in [0.5, 0.6) is 0 Å². The highest BCUT2D eigenvalue weighted by Gasteiger charge is 2.24. The monoisotopic (exact) mass is 304 g/mol. The van der Waals surface area contributed by atoms with Gasteiger partial charge in [-0.25, -0.2) is 0 Å². The van der Waals surface area contributed by atoms with Crippen molar-refractivity contribution in [2.75, 3.05) is 0 Å². The molecule has 0 aliphatic heterocycles. The van der Waals surface area contributed by atoms with E-state index in [0.717, 1.165) is 11.8 Å². The first-order valence-electron chi connectivity index (χ1n) is 7.25. The number of hydrogen-bond acceptors (Lipinski definition) is 2. The van der Waals surface area contributed by atoms with Gasteiger partial charge in [0.1, 0.15) is 0 Å². The maximum Gasteiger partial charge on any atom is 0.173 e. The van der Waals surface area contributed by atoms with Gasteiger partial charge in [0.05, 0.1) is 0 Å². The van der Waals surface area contributed by atoms with E-state index in [-0.39, 0.29) is 0 Å². The van der Waals surface area contributed by atoms with E-state index in [1.165, 1.54) is 55.8 Å². The van der Waals surface area contributed by atoms with E-state index in [0.29, 0.717) is 0 Å². The first-order valence-corrected chi connectivity index (χ1v) is 8.12. The lowest BCUT2D eigenvalue weighted by atomic mass is 9.73. The van der Waals surface area contributed by atoms with E-state index >= 15 is 0 Å². The van der Waals surface area contributed by atoms with Gasteiger partial charge in [-0.1, -0.05) is 87.4 Å². The predicted molar refractivity (Wildman–Crippen MR) is 83.8 cm³/mol. The van der Waals surface area contributed by atoms with Gasteiger partial charge in [0.15, 0.2) is 6.19 Å². The smallest absolute Gasteiger partial charge is 0.173 e. The lowest BCUT2D eigenvalue weighted by Crippen LogP contribution is -2.20. The summed E-state index contributed by atoms with van der Waals surface area (Å²) in [6.45, 7) is 0. The summed E-state index contributed by atoms with van der Waals surface area (Å²) in [5, 5.41) is 7.10. The van der Waals surface area contributed by atoms with Crippen LogP contribution < -0.4 is 5.73 Å². The Hall–Kier alpha value is -0.390. The molecule has 0 saturated heterocycles. The van der Waals surface area contributed by atoms with Crippen LogP contribution in [-0.2, 0) is 0 Å². The molecule has 2 aliphatic rings. The normalized spacial score (nSPS) is 20.7. The zero-order valence-electron chi connectivity index (χ0n) is 11.7. The summed E-state index contributed by atoms with van der Waals surface area (Å²) in [6.07, 6.45) is 16.6. The van der Waals surface area contributed by atoms with Crippen molar-refractivity contribution in [1.29, 1.82) is 5.26 Å². The van der Waals surface area contributed by atoms with Crippen molar-refractivity contribution in [2.24, 2.45) is 17.6 Å². The fourth-order valence-corrected chi connectivity index (χ4v) is 3.21. The first-order chi connectivity index (χ1) is 9.29. The van der Waals surface area contributed by atoms with Gasteiger partial charge in [-0.15, -0.1) is 0 Å². The highest BCUT2D eigenvalue weighted by molar-refractivity contribution is 6.33. The van der Waals surface area contributed by atoms with Crippen LogP contribution >= 0.6 is 23.2 Å². The molecule has 0 aromatic heterocycles. The largest absolute Gasteiger partial charge is 0.337 e. The Bertz CT molecular complexity index is 229. The van der Waals surface area contributed by atoms with Gasteiger partial charge in [-0.2, -0.15) is 5.26 Å². The van der Waals surface area contributed by atoms with Crippen LogP contribution in [0.2, 0.25) is 0 Å². The molecule has 2 nitrogen and oxygen atoms in total. The molecule has 2 fully saturated rings. The van der Waals surface area contributed by atoms with E-state index in [1.807, 2.05) is 0 Å². The summed E-state index contributed by atoms with van der Waals surface area (Å²) >= 11 is 9.75. The lowest BCUT2D eigenvalue weighted by molar-refractivity contribution is 0.196. The van der Waals surface area contributed by atoms with Crippen LogP contribution in [0.3, 0.4) is 0 Å². The minimum atomic E-state index is 1.14. The van der Waals surface area contributed by atoms with Gasteiger partial charge >= 0.3 is 0 Å². The molecule has 0 bridgehead atoms. The minimum absolute atomic E-state index is 1.14. The second-order valence-corrected chi connectivity index (χ2v) is 5.68. The highest BCUT2D eigenvalue weighted by Crippen LogP contribution is 2.37. The second kappa shape index (κ2) is 14.0. The van der Waals surface area contributed by atoms with Crippen molar-refractivity contribution in [3.63, 3.8) is 0 Å². The third-order valence-corrected chi connectivity index (χ3v) is 4.39. The molecule has 2 rings (SSSR count). The molecule has 0 radical (unpaired) electrons. The van der Waals surface area contributed by atoms with Crippen molar-refractivity contribution in [3.05, 3.63) is 11.1 Å². The van der Waals surface area contributed by atoms with Crippen molar-refractivity contribution in [3.8, 4) is 6.19 Å². The second-order valence-electron chi connectivity index (χ2n) is 5.18. The first kappa shape index (κ1) is 18.6. The van der Waals surface area contributed by atoms with Crippen LogP contribution in [0.25, 0.3) is 0 Å². The van der Waals surface area contributed by atoms with Crippen LogP contribution in [0, 0.1) is 23.3 Å². The third-order valence-electron chi connectivity index (χ3n) is 4.01. The van der Waals surface area contributed by atoms with Gasteiger partial charge in [-0.05, 0) is 11.8 Å². The zero-order valence-corrected chi connectivity index (χ0v) is 13.2. The Labute approximate surface area is 127 Å². The third kappa shape index (κ3) is 10.1. The molecule has 0 atom stereocenters. The molecule has 0 aromatic rings. The topological polar surface area (TPSA) is 49.8 Å². The zero-order chi connectivity index (χ0) is 14.3. The van der Waals surface area contributed by atoms with Gasteiger partial charge < -0.3 is 5.73 Å². The average molecular weight is 305 g/mol. The number of rotatable bonds is 1. The quantitative estimate of drug-likeness (QED) is 0.513. The highest BCUT2D eigenvalue weighted by atomic mass is 35.5. The van der Waals surface area contributed by atoms with E-state index < -0.39 is 0 Å². The number of hydrogen-bond donors (Lipinski definition) is 1. The average Bonchev–Trinajstić information content (AvgIpc) is 2.50. The van der Waals surface area contributed by atoms with Gasteiger partial charge in [0.25, 0.3) is 0 Å². The van der Waals surface area contributed by atoms with Crippen LogP contribution in [0.4, 0.5) is 0 Å². The molecule has 19 heavy (non-hydrogen) atoms. The van der Waals surface area contributed by atoms with Gasteiger partial charge in [-0.3, -0.25) is 0 Å². The summed E-state index contributed by atoms with van der Waals surface area (Å²) in [4.78, 5) is 0. The number of nitrogens with two attached hydrogens (primary N) is 1. The molecule has 0 unspecified atom stereocenters. The Morgan fingerprint density at radius 1 is 0.789 bits per heavy atom. The molecular weight excluding hydrogens is 279 g/mol. The minimum Gasteiger partial charge on any atom is -0.337 e. The summed E-state index contributed by atoms with van der Waals surface area (Å²) < 4.78 is 0. The van der Waals surface area contributed by atoms with Gasteiger partial charge in [0, 0.05) is 11.1 Å². The van der Waals surface area contributed by atoms with E-state index in [1.54, 1.807) is 25.7 Å². The summed E-state index contributed by atoms with van der Waals surface area (Å²) in [6, 6.07) is 0. The molecule has 0 aromatic carbocycles. The fourth-order valence-electron chi connectivity index (χ4n) is 3.21. The maximum absolute atomic E-state index is 7.10. The van der Waals surface area contributed by atoms with Crippen LogP contribution in [-0.4, -0.2) is 0 Å². The van der Waals surface area contributed by atoms with Gasteiger partial charge in [0.2, 0.25) is 0 Å². The summed E-state index contributed by atoms with van der Waals surface area (Å²) in [5.74, 6) is 2.28. The van der Waals surface area contributed by atoms with Crippen LogP contribution in [0.15, 0.2) is 11.1 Å². The number of halogens is 2. The standard InChI is InChI=1S/C12H22.C2H2Cl2.CH2N2/c1-3-7-11(8-4-1)12-9-5-2-6-10-12;3-1-2-4;2-1-3/h11-12H,1-10H2;1-2H;2H2/b;2-1+;. The molecular formula is C15H26Cl2N2. The maximum atomic E-state index is 7.10. The molecule has 0 heterocycles. The Kier molecular flexibility index (Phi) is 13.7. The van der Waals surface area contributed by atoms with E-state index in [4.69, 9.17) is 28.5 Å². The molecule has 2 aliphatic carbocycles. The van der Waals surface area contributed by atoms with E-state index in [9.17, 15) is 0 Å². The van der Waals surface area contributed by atoms with E-state index in [2.05, 4.69) is 5.73 Å². The molecule has 2 saturated carbocycles. The molecule has 0 amide bonds. The van der Waals surface area contributed by atoms with Crippen LogP contribution in [0.1, 0.15) is 64.2 Å². The van der Waals surface area contributed by atoms with Crippen molar-refractivity contribution in [1.82, 2.24) is 0 Å². The molecule has 0 spiro atoms. The summed E-state index contributed by atoms with van der Waals surface area (Å²) in [5.41, 5.74) is 6.63. The SMILES string of the molecule is C1CCC(C2CCCCC2)CC1.Cl/C=C/Cl.N#CN. The Morgan fingerprint density at radius 3 is 1.26 bits per heavy atom. The Balaban J connectivity index is 0.000000393. The molecule has 110 valence electrons. The number of nitrogens with zero attached hydrogens (tertiary/aromatic N) is 1. The molecule has 2 N–H and O–H groups in total. The lowest BCUT2D eigenvalue weighted by Gasteiger charge is -2.32. The van der Waals surface area contributed by atoms with Crippen molar-refractivity contribution < 1.29 is 0 Å². The fraction of sp³-hybridized carbons (Fsp3) is 0.800. The predicted octanol–water partition coefficient (Wildman–Crippen LogP) is 5.51. The summed E-state index contributed by atoms with van der Waals surface area (Å²) in [7, 11) is 0.